The van der Waals surface area contributed by atoms with E-state index < -0.39 is 29.0 Å². The van der Waals surface area contributed by atoms with Crippen LogP contribution in [0.25, 0.3) is 11.0 Å². The van der Waals surface area contributed by atoms with Crippen LogP contribution < -0.4 is 10.2 Å². The maximum atomic E-state index is 14.2. The predicted octanol–water partition coefficient (Wildman–Crippen LogP) is 5.06. The van der Waals surface area contributed by atoms with Gasteiger partial charge < -0.3 is 19.5 Å². The van der Waals surface area contributed by atoms with E-state index in [1.54, 1.807) is 41.3 Å². The Morgan fingerprint density at radius 3 is 2.14 bits per heavy atom. The lowest BCUT2D eigenvalue weighted by atomic mass is 10.1. The lowest BCUT2D eigenvalue weighted by molar-refractivity contribution is 0.0718. The van der Waals surface area contributed by atoms with E-state index in [4.69, 9.17) is 4.42 Å². The molecule has 6 nitrogen and oxygen atoms in total. The molecule has 0 unspecified atom stereocenters. The predicted molar refractivity (Wildman–Crippen MR) is 125 cm³/mol. The minimum atomic E-state index is -1.03. The summed E-state index contributed by atoms with van der Waals surface area (Å²) in [6.45, 7) is 1.75. The van der Waals surface area contributed by atoms with Crippen LogP contribution in [-0.2, 0) is 0 Å². The van der Waals surface area contributed by atoms with Crippen LogP contribution in [0.4, 0.5) is 24.5 Å². The number of furan rings is 1. The van der Waals surface area contributed by atoms with Crippen LogP contribution >= 0.6 is 0 Å². The summed E-state index contributed by atoms with van der Waals surface area (Å²) in [5.74, 6) is -3.95. The fourth-order valence-electron chi connectivity index (χ4n) is 4.17. The first-order valence-electron chi connectivity index (χ1n) is 11.0. The first-order chi connectivity index (χ1) is 16.9. The van der Waals surface area contributed by atoms with Gasteiger partial charge in [-0.2, -0.15) is 0 Å². The molecule has 0 aliphatic carbocycles. The topological polar surface area (TPSA) is 65.8 Å². The third-order valence-corrected chi connectivity index (χ3v) is 5.98. The third kappa shape index (κ3) is 4.32. The Bertz CT molecular complexity index is 1390. The van der Waals surface area contributed by atoms with Crippen molar-refractivity contribution < 1.29 is 27.2 Å². The van der Waals surface area contributed by atoms with Crippen LogP contribution in [0.2, 0.25) is 0 Å². The van der Waals surface area contributed by atoms with Crippen molar-refractivity contribution in [3.05, 3.63) is 95.5 Å². The summed E-state index contributed by atoms with van der Waals surface area (Å²) >= 11 is 0. The second kappa shape index (κ2) is 9.17. The fourth-order valence-corrected chi connectivity index (χ4v) is 4.17. The number of hydrogen-bond acceptors (Lipinski definition) is 4. The molecule has 0 atom stereocenters. The van der Waals surface area contributed by atoms with E-state index in [0.29, 0.717) is 37.1 Å². The summed E-state index contributed by atoms with van der Waals surface area (Å²) in [6, 6.07) is 16.0. The SMILES string of the molecule is O=C(Nc1c(C(=O)N2CCN(c3ccc(F)cc3)CC2)oc2ccccc12)c1c(F)cccc1F. The molecule has 0 radical (unpaired) electrons. The summed E-state index contributed by atoms with van der Waals surface area (Å²) in [7, 11) is 0. The minimum Gasteiger partial charge on any atom is -0.449 e. The Balaban J connectivity index is 1.40. The van der Waals surface area contributed by atoms with Crippen LogP contribution in [0.5, 0.6) is 0 Å². The molecule has 3 aromatic carbocycles. The Hall–Kier alpha value is -4.27. The van der Waals surface area contributed by atoms with Gasteiger partial charge in [-0.15, -0.1) is 0 Å². The third-order valence-electron chi connectivity index (χ3n) is 5.98. The number of benzene rings is 3. The van der Waals surface area contributed by atoms with Crippen LogP contribution in [0.3, 0.4) is 0 Å². The number of anilines is 2. The van der Waals surface area contributed by atoms with Crippen molar-refractivity contribution in [2.24, 2.45) is 0 Å². The highest BCUT2D eigenvalue weighted by Gasteiger charge is 2.30. The highest BCUT2D eigenvalue weighted by Crippen LogP contribution is 2.33. The van der Waals surface area contributed by atoms with Crippen LogP contribution in [0, 0.1) is 17.5 Å². The largest absolute Gasteiger partial charge is 0.449 e. The van der Waals surface area contributed by atoms with E-state index in [-0.39, 0.29) is 17.3 Å². The van der Waals surface area contributed by atoms with Crippen molar-refractivity contribution in [2.45, 2.75) is 0 Å². The van der Waals surface area contributed by atoms with Gasteiger partial charge >= 0.3 is 0 Å². The van der Waals surface area contributed by atoms with E-state index in [9.17, 15) is 22.8 Å². The molecule has 2 amide bonds. The van der Waals surface area contributed by atoms with E-state index in [0.717, 1.165) is 23.9 Å². The summed E-state index contributed by atoms with van der Waals surface area (Å²) < 4.78 is 47.3. The van der Waals surface area contributed by atoms with E-state index in [2.05, 4.69) is 5.32 Å². The van der Waals surface area contributed by atoms with Crippen molar-refractivity contribution in [1.82, 2.24) is 4.90 Å². The number of carbonyl (C=O) groups is 2. The van der Waals surface area contributed by atoms with Crippen molar-refractivity contribution in [2.75, 3.05) is 36.4 Å². The Labute approximate surface area is 198 Å². The van der Waals surface area contributed by atoms with E-state index in [1.807, 2.05) is 4.90 Å². The minimum absolute atomic E-state index is 0.0548. The first-order valence-corrected chi connectivity index (χ1v) is 11.0. The Kier molecular flexibility index (Phi) is 5.90. The van der Waals surface area contributed by atoms with Crippen molar-refractivity contribution in [3.63, 3.8) is 0 Å². The lowest BCUT2D eigenvalue weighted by Gasteiger charge is -2.35. The van der Waals surface area contributed by atoms with Gasteiger partial charge in [-0.25, -0.2) is 13.2 Å². The molecule has 178 valence electrons. The Morgan fingerprint density at radius 2 is 1.46 bits per heavy atom. The molecule has 0 spiro atoms. The zero-order chi connectivity index (χ0) is 24.5. The van der Waals surface area contributed by atoms with Crippen molar-refractivity contribution >= 4 is 34.2 Å². The van der Waals surface area contributed by atoms with Gasteiger partial charge in [-0.1, -0.05) is 18.2 Å². The molecule has 9 heteroatoms. The van der Waals surface area contributed by atoms with Gasteiger partial charge in [-0.3, -0.25) is 9.59 Å². The molecule has 0 bridgehead atoms. The summed E-state index contributed by atoms with van der Waals surface area (Å²) in [4.78, 5) is 29.8. The van der Waals surface area contributed by atoms with Crippen LogP contribution in [0.1, 0.15) is 20.9 Å². The van der Waals surface area contributed by atoms with Gasteiger partial charge in [0.15, 0.2) is 0 Å². The van der Waals surface area contributed by atoms with Gasteiger partial charge in [-0.05, 0) is 48.5 Å². The highest BCUT2D eigenvalue weighted by atomic mass is 19.1. The number of rotatable bonds is 4. The van der Waals surface area contributed by atoms with Gasteiger partial charge in [0.05, 0.1) is 0 Å². The Morgan fingerprint density at radius 1 is 0.800 bits per heavy atom. The average molecular weight is 479 g/mol. The molecule has 5 rings (SSSR count). The van der Waals surface area contributed by atoms with Crippen LogP contribution in [-0.4, -0.2) is 42.9 Å². The molecule has 1 N–H and O–H groups in total. The van der Waals surface area contributed by atoms with E-state index >= 15 is 0 Å². The quantitative estimate of drug-likeness (QED) is 0.444. The van der Waals surface area contributed by atoms with Gasteiger partial charge in [0.25, 0.3) is 11.8 Å². The smallest absolute Gasteiger partial charge is 0.291 e. The number of carbonyl (C=O) groups excluding carboxylic acids is 2. The number of nitrogens with zero attached hydrogens (tertiary/aromatic N) is 2. The normalized spacial score (nSPS) is 13.8. The highest BCUT2D eigenvalue weighted by molar-refractivity contribution is 6.14. The number of nitrogens with one attached hydrogen (secondary N) is 1. The standard InChI is InChI=1S/C26H20F3N3O3/c27-16-8-10-17(11-9-16)31-12-14-32(15-13-31)26(34)24-23(18-4-1-2-7-21(18)35-24)30-25(33)22-19(28)5-3-6-20(22)29/h1-11H,12-15H2,(H,30,33). The maximum Gasteiger partial charge on any atom is 0.291 e. The molecule has 1 aromatic heterocycles. The fraction of sp³-hybridized carbons (Fsp3) is 0.154. The van der Waals surface area contributed by atoms with Gasteiger partial charge in [0.1, 0.15) is 34.3 Å². The molecule has 2 heterocycles. The van der Waals surface area contributed by atoms with E-state index in [1.165, 1.54) is 12.1 Å². The molecular weight excluding hydrogens is 459 g/mol. The zero-order valence-corrected chi connectivity index (χ0v) is 18.4. The molecule has 4 aromatic rings. The molecule has 1 saturated heterocycles. The van der Waals surface area contributed by atoms with Gasteiger partial charge in [0.2, 0.25) is 5.76 Å². The number of fused-ring (bicyclic) bond motifs is 1. The molecule has 1 aliphatic heterocycles. The molecule has 35 heavy (non-hydrogen) atoms. The molecule has 1 aliphatic rings. The first kappa shape index (κ1) is 22.5. The number of amides is 2. The van der Waals surface area contributed by atoms with Crippen molar-refractivity contribution in [1.29, 1.82) is 0 Å². The number of para-hydroxylation sites is 1. The molecule has 1 fully saturated rings. The number of halogens is 3. The number of hydrogen-bond donors (Lipinski definition) is 1. The average Bonchev–Trinajstić information content (AvgIpc) is 3.22. The summed E-state index contributed by atoms with van der Waals surface area (Å²) in [5.41, 5.74) is 0.510. The lowest BCUT2D eigenvalue weighted by Crippen LogP contribution is -2.48. The number of piperazine rings is 1. The second-order valence-corrected chi connectivity index (χ2v) is 8.11. The molecule has 0 saturated carbocycles. The summed E-state index contributed by atoms with van der Waals surface area (Å²) in [5, 5.41) is 2.92. The molecular formula is C26H20F3N3O3. The second-order valence-electron chi connectivity index (χ2n) is 8.11. The maximum absolute atomic E-state index is 14.2. The van der Waals surface area contributed by atoms with Crippen molar-refractivity contribution in [3.8, 4) is 0 Å². The van der Waals surface area contributed by atoms with Gasteiger partial charge in [0, 0.05) is 37.3 Å². The monoisotopic (exact) mass is 479 g/mol. The summed E-state index contributed by atoms with van der Waals surface area (Å²) in [6.07, 6.45) is 0. The zero-order valence-electron chi connectivity index (χ0n) is 18.4. The van der Waals surface area contributed by atoms with Crippen LogP contribution in [0.15, 0.2) is 71.1 Å².